The second-order valence-electron chi connectivity index (χ2n) is 4.32. The molecule has 0 radical (unpaired) electrons. The van der Waals surface area contributed by atoms with E-state index in [9.17, 15) is 4.21 Å². The molecule has 108 valence electrons. The Kier molecular flexibility index (Phi) is 5.38. The van der Waals surface area contributed by atoms with Gasteiger partial charge in [0, 0.05) is 4.90 Å². The minimum absolute atomic E-state index is 0.374. The number of nitrogens with one attached hydrogen (secondary N) is 1. The van der Waals surface area contributed by atoms with Crippen molar-refractivity contribution in [3.63, 3.8) is 0 Å². The van der Waals surface area contributed by atoms with Gasteiger partial charge in [-0.25, -0.2) is 0 Å². The third kappa shape index (κ3) is 3.95. The average Bonchev–Trinajstić information content (AvgIpc) is 2.92. The number of furan rings is 1. The zero-order chi connectivity index (χ0) is 14.4. The van der Waals surface area contributed by atoms with E-state index < -0.39 is 10.8 Å². The molecule has 0 amide bonds. The molecule has 2 aromatic rings. The predicted octanol–water partition coefficient (Wildman–Crippen LogP) is 2.71. The van der Waals surface area contributed by atoms with E-state index in [-0.39, 0.29) is 0 Å². The van der Waals surface area contributed by atoms with Crippen molar-refractivity contribution < 1.29 is 13.4 Å². The van der Waals surface area contributed by atoms with Crippen LogP contribution in [0.2, 0.25) is 0 Å². The van der Waals surface area contributed by atoms with Gasteiger partial charge in [-0.3, -0.25) is 4.21 Å². The van der Waals surface area contributed by atoms with Crippen LogP contribution in [0.1, 0.15) is 18.4 Å². The standard InChI is InChI=1S/C15H19NO3S/c1-3-16-10-13-7-8-14(19-13)11-20(17)15-6-4-5-12(9-15)18-2/h4-9,16H,3,10-11H2,1-2H3. The van der Waals surface area contributed by atoms with Gasteiger partial charge in [0.05, 0.1) is 30.2 Å². The molecule has 1 aromatic carbocycles. The molecule has 1 atom stereocenters. The first-order valence-corrected chi connectivity index (χ1v) is 7.85. The van der Waals surface area contributed by atoms with E-state index in [4.69, 9.17) is 9.15 Å². The Morgan fingerprint density at radius 2 is 2.05 bits per heavy atom. The van der Waals surface area contributed by atoms with Crippen LogP contribution in [0, 0.1) is 0 Å². The molecule has 1 aromatic heterocycles. The maximum absolute atomic E-state index is 12.3. The van der Waals surface area contributed by atoms with Crippen molar-refractivity contribution >= 4 is 10.8 Å². The van der Waals surface area contributed by atoms with Crippen molar-refractivity contribution in [3.05, 3.63) is 47.9 Å². The summed E-state index contributed by atoms with van der Waals surface area (Å²) in [5.41, 5.74) is 0. The van der Waals surface area contributed by atoms with E-state index in [2.05, 4.69) is 5.32 Å². The highest BCUT2D eigenvalue weighted by Gasteiger charge is 2.09. The minimum atomic E-state index is -1.13. The first kappa shape index (κ1) is 14.8. The topological polar surface area (TPSA) is 51.5 Å². The molecule has 0 spiro atoms. The molecule has 1 heterocycles. The van der Waals surface area contributed by atoms with E-state index in [0.29, 0.717) is 18.0 Å². The fourth-order valence-electron chi connectivity index (χ4n) is 1.80. The highest BCUT2D eigenvalue weighted by atomic mass is 32.2. The lowest BCUT2D eigenvalue weighted by atomic mass is 10.3. The largest absolute Gasteiger partial charge is 0.497 e. The molecule has 0 saturated heterocycles. The summed E-state index contributed by atoms with van der Waals surface area (Å²) in [6, 6.07) is 11.1. The Morgan fingerprint density at radius 1 is 1.25 bits per heavy atom. The van der Waals surface area contributed by atoms with Crippen LogP contribution in [0.25, 0.3) is 0 Å². The van der Waals surface area contributed by atoms with Gasteiger partial charge in [-0.05, 0) is 36.9 Å². The number of hydrogen-bond donors (Lipinski definition) is 1. The molecule has 20 heavy (non-hydrogen) atoms. The third-order valence-electron chi connectivity index (χ3n) is 2.84. The van der Waals surface area contributed by atoms with Gasteiger partial charge in [-0.15, -0.1) is 0 Å². The molecule has 1 unspecified atom stereocenters. The number of methoxy groups -OCH3 is 1. The molecule has 0 aliphatic heterocycles. The molecule has 0 fully saturated rings. The fourth-order valence-corrected chi connectivity index (χ4v) is 2.86. The lowest BCUT2D eigenvalue weighted by Gasteiger charge is -2.03. The van der Waals surface area contributed by atoms with Crippen LogP contribution in [0.3, 0.4) is 0 Å². The average molecular weight is 293 g/mol. The Bertz CT molecular complexity index is 580. The second-order valence-corrected chi connectivity index (χ2v) is 5.77. The fraction of sp³-hybridized carbons (Fsp3) is 0.333. The summed E-state index contributed by atoms with van der Waals surface area (Å²) >= 11 is 0. The van der Waals surface area contributed by atoms with Gasteiger partial charge in [-0.2, -0.15) is 0 Å². The van der Waals surface area contributed by atoms with Crippen LogP contribution in [0.5, 0.6) is 5.75 Å². The van der Waals surface area contributed by atoms with Crippen LogP contribution in [0.15, 0.2) is 45.7 Å². The SMILES string of the molecule is CCNCc1ccc(CS(=O)c2cccc(OC)c2)o1. The van der Waals surface area contributed by atoms with Crippen molar-refractivity contribution in [1.82, 2.24) is 5.32 Å². The molecule has 0 aliphatic rings. The van der Waals surface area contributed by atoms with Gasteiger partial charge >= 0.3 is 0 Å². The molecule has 0 saturated carbocycles. The lowest BCUT2D eigenvalue weighted by Crippen LogP contribution is -2.10. The van der Waals surface area contributed by atoms with Gasteiger partial charge in [0.15, 0.2) is 0 Å². The Balaban J connectivity index is 2.01. The van der Waals surface area contributed by atoms with Crippen molar-refractivity contribution in [1.29, 1.82) is 0 Å². The zero-order valence-corrected chi connectivity index (χ0v) is 12.5. The van der Waals surface area contributed by atoms with Gasteiger partial charge < -0.3 is 14.5 Å². The Hall–Kier alpha value is -1.59. The van der Waals surface area contributed by atoms with Crippen molar-refractivity contribution in [2.75, 3.05) is 13.7 Å². The number of rotatable bonds is 7. The summed E-state index contributed by atoms with van der Waals surface area (Å²) in [4.78, 5) is 0.744. The van der Waals surface area contributed by atoms with Crippen LogP contribution in [-0.4, -0.2) is 17.9 Å². The lowest BCUT2D eigenvalue weighted by molar-refractivity contribution is 0.413. The Morgan fingerprint density at radius 3 is 2.80 bits per heavy atom. The number of ether oxygens (including phenoxy) is 1. The predicted molar refractivity (Wildman–Crippen MR) is 79.2 cm³/mol. The molecule has 5 heteroatoms. The summed E-state index contributed by atoms with van der Waals surface area (Å²) in [5, 5.41) is 3.19. The zero-order valence-electron chi connectivity index (χ0n) is 11.7. The summed E-state index contributed by atoms with van der Waals surface area (Å²) in [6.07, 6.45) is 0. The highest BCUT2D eigenvalue weighted by molar-refractivity contribution is 7.84. The summed E-state index contributed by atoms with van der Waals surface area (Å²) < 4.78 is 23.1. The normalized spacial score (nSPS) is 12.3. The molecule has 0 aliphatic carbocycles. The van der Waals surface area contributed by atoms with Gasteiger partial charge in [0.25, 0.3) is 0 Å². The maximum Gasteiger partial charge on any atom is 0.120 e. The quantitative estimate of drug-likeness (QED) is 0.853. The molecule has 1 N–H and O–H groups in total. The molecular weight excluding hydrogens is 274 g/mol. The van der Waals surface area contributed by atoms with Crippen molar-refractivity contribution in [2.24, 2.45) is 0 Å². The maximum atomic E-state index is 12.3. The first-order chi connectivity index (χ1) is 9.72. The molecular formula is C15H19NO3S. The van der Waals surface area contributed by atoms with E-state index in [1.54, 1.807) is 13.2 Å². The second kappa shape index (κ2) is 7.26. The summed E-state index contributed by atoms with van der Waals surface area (Å²) in [5.74, 6) is 2.69. The third-order valence-corrected chi connectivity index (χ3v) is 4.17. The van der Waals surface area contributed by atoms with Crippen molar-refractivity contribution in [2.45, 2.75) is 24.1 Å². The van der Waals surface area contributed by atoms with Crippen molar-refractivity contribution in [3.8, 4) is 5.75 Å². The van der Waals surface area contributed by atoms with Gasteiger partial charge in [0.2, 0.25) is 0 Å². The molecule has 2 rings (SSSR count). The van der Waals surface area contributed by atoms with E-state index in [1.165, 1.54) is 0 Å². The van der Waals surface area contributed by atoms with Crippen LogP contribution in [-0.2, 0) is 23.1 Å². The highest BCUT2D eigenvalue weighted by Crippen LogP contribution is 2.19. The smallest absolute Gasteiger partial charge is 0.120 e. The first-order valence-electron chi connectivity index (χ1n) is 6.53. The molecule has 0 bridgehead atoms. The van der Waals surface area contributed by atoms with E-state index >= 15 is 0 Å². The Labute approximate surface area is 121 Å². The summed E-state index contributed by atoms with van der Waals surface area (Å²) in [7, 11) is 0.466. The minimum Gasteiger partial charge on any atom is -0.497 e. The summed E-state index contributed by atoms with van der Waals surface area (Å²) in [6.45, 7) is 3.63. The monoisotopic (exact) mass is 293 g/mol. The molecule has 4 nitrogen and oxygen atoms in total. The van der Waals surface area contributed by atoms with Crippen LogP contribution in [0.4, 0.5) is 0 Å². The van der Waals surface area contributed by atoms with Gasteiger partial charge in [-0.1, -0.05) is 13.0 Å². The number of hydrogen-bond acceptors (Lipinski definition) is 4. The number of benzene rings is 1. The van der Waals surface area contributed by atoms with Crippen LogP contribution < -0.4 is 10.1 Å². The van der Waals surface area contributed by atoms with E-state index in [1.807, 2.05) is 37.3 Å². The van der Waals surface area contributed by atoms with Crippen LogP contribution >= 0.6 is 0 Å². The van der Waals surface area contributed by atoms with Gasteiger partial charge in [0.1, 0.15) is 17.3 Å². The van der Waals surface area contributed by atoms with E-state index in [0.717, 1.165) is 23.0 Å².